The molecule has 0 spiro atoms. The monoisotopic (exact) mass is 407 g/mol. The van der Waals surface area contributed by atoms with Crippen LogP contribution in [-0.4, -0.2) is 15.8 Å². The van der Waals surface area contributed by atoms with Crippen molar-refractivity contribution in [2.45, 2.75) is 4.90 Å². The molecule has 0 aliphatic carbocycles. The van der Waals surface area contributed by atoms with Crippen molar-refractivity contribution >= 4 is 59.7 Å². The Kier molecular flexibility index (Phi) is 3.35. The molecule has 1 unspecified atom stereocenters. The molecule has 1 N–H and O–H groups in total. The molecule has 0 bridgehead atoms. The van der Waals surface area contributed by atoms with Crippen molar-refractivity contribution < 1.29 is 4.55 Å². The van der Waals surface area contributed by atoms with E-state index in [9.17, 15) is 4.55 Å². The van der Waals surface area contributed by atoms with Gasteiger partial charge in [0.1, 0.15) is 6.26 Å². The lowest BCUT2D eigenvalue weighted by Gasteiger charge is -2.11. The Bertz CT molecular complexity index is 1240. The van der Waals surface area contributed by atoms with Crippen LogP contribution in [0.4, 0.5) is 0 Å². The van der Waals surface area contributed by atoms with E-state index in [1.807, 2.05) is 24.3 Å². The molecule has 0 aliphatic heterocycles. The summed E-state index contributed by atoms with van der Waals surface area (Å²) in [6.07, 6.45) is 1.73. The summed E-state index contributed by atoms with van der Waals surface area (Å²) in [4.78, 5) is 4.42. The molecule has 0 saturated carbocycles. The van der Waals surface area contributed by atoms with Gasteiger partial charge in [-0.05, 0) is 63.9 Å². The number of H-pyrrole nitrogens is 1. The third-order valence-corrected chi connectivity index (χ3v) is 6.21. The van der Waals surface area contributed by atoms with Crippen LogP contribution < -0.4 is 0 Å². The molecule has 5 aromatic rings. The van der Waals surface area contributed by atoms with Gasteiger partial charge in [-0.3, -0.25) is 0 Å². The Morgan fingerprint density at radius 2 is 1.56 bits per heavy atom. The Balaban J connectivity index is 1.87. The van der Waals surface area contributed by atoms with E-state index in [0.29, 0.717) is 0 Å². The number of aromatic amines is 1. The maximum absolute atomic E-state index is 12.1. The number of aromatic nitrogens is 1. The molecule has 1 aromatic heterocycles. The molecular weight excluding hydrogens is 394 g/mol. The van der Waals surface area contributed by atoms with Crippen LogP contribution >= 0.6 is 15.9 Å². The fourth-order valence-corrected chi connectivity index (χ4v) is 4.99. The first-order chi connectivity index (χ1) is 12.1. The topological polar surface area (TPSA) is 38.8 Å². The van der Waals surface area contributed by atoms with Crippen LogP contribution in [0.1, 0.15) is 0 Å². The zero-order valence-corrected chi connectivity index (χ0v) is 15.9. The second-order valence-corrected chi connectivity index (χ2v) is 8.58. The van der Waals surface area contributed by atoms with Gasteiger partial charge in [-0.25, -0.2) is 0 Å². The van der Waals surface area contributed by atoms with Crippen LogP contribution in [0.5, 0.6) is 0 Å². The highest BCUT2D eigenvalue weighted by Gasteiger charge is 2.17. The lowest BCUT2D eigenvalue weighted by molar-refractivity contribution is 0.601. The molecule has 25 heavy (non-hydrogen) atoms. The number of benzene rings is 4. The van der Waals surface area contributed by atoms with Gasteiger partial charge in [-0.1, -0.05) is 40.2 Å². The smallest absolute Gasteiger partial charge is 0.160 e. The van der Waals surface area contributed by atoms with Crippen LogP contribution in [0, 0.1) is 0 Å². The second kappa shape index (κ2) is 5.49. The lowest BCUT2D eigenvalue weighted by Crippen LogP contribution is -1.99. The van der Waals surface area contributed by atoms with E-state index >= 15 is 0 Å². The second-order valence-electron chi connectivity index (χ2n) is 6.31. The van der Waals surface area contributed by atoms with Crippen LogP contribution in [-0.2, 0) is 11.2 Å². The third-order valence-electron chi connectivity index (χ3n) is 4.77. The number of nitrogens with one attached hydrogen (secondary N) is 1. The Labute approximate surface area is 156 Å². The van der Waals surface area contributed by atoms with Crippen LogP contribution in [0.25, 0.3) is 43.7 Å². The molecular formula is C21H14BrNOS. The van der Waals surface area contributed by atoms with Gasteiger partial charge >= 0.3 is 0 Å². The molecule has 0 aliphatic rings. The summed E-state index contributed by atoms with van der Waals surface area (Å²) in [5.74, 6) is 0. The van der Waals surface area contributed by atoms with Gasteiger partial charge in [0.2, 0.25) is 0 Å². The average molecular weight is 408 g/mol. The molecule has 0 fully saturated rings. The Hall–Kier alpha value is -2.01. The molecule has 0 radical (unpaired) electrons. The predicted molar refractivity (Wildman–Crippen MR) is 110 cm³/mol. The summed E-state index contributed by atoms with van der Waals surface area (Å²) < 4.78 is 13.2. The van der Waals surface area contributed by atoms with Crippen molar-refractivity contribution in [2.24, 2.45) is 0 Å². The van der Waals surface area contributed by atoms with E-state index in [1.165, 1.54) is 21.5 Å². The summed E-state index contributed by atoms with van der Waals surface area (Å²) in [6, 6.07) is 20.9. The van der Waals surface area contributed by atoms with Crippen molar-refractivity contribution in [2.75, 3.05) is 6.26 Å². The fourth-order valence-electron chi connectivity index (χ4n) is 3.75. The average Bonchev–Trinajstić information content (AvgIpc) is 2.97. The van der Waals surface area contributed by atoms with Gasteiger partial charge in [0.05, 0.1) is 0 Å². The number of rotatable bonds is 2. The highest BCUT2D eigenvalue weighted by atomic mass is 79.9. The minimum atomic E-state index is -1.02. The predicted octanol–water partition coefficient (Wildman–Crippen LogP) is 6.08. The maximum atomic E-state index is 12.1. The molecule has 0 amide bonds. The zero-order chi connectivity index (χ0) is 17.1. The molecule has 4 aromatic carbocycles. The van der Waals surface area contributed by atoms with E-state index in [0.717, 1.165) is 31.5 Å². The summed E-state index contributed by atoms with van der Waals surface area (Å²) in [6.45, 7) is 0. The van der Waals surface area contributed by atoms with Crippen molar-refractivity contribution in [3.63, 3.8) is 0 Å². The normalized spacial score (nSPS) is 13.2. The molecule has 1 atom stereocenters. The highest BCUT2D eigenvalue weighted by molar-refractivity contribution is 9.10. The first kappa shape index (κ1) is 15.3. The van der Waals surface area contributed by atoms with E-state index in [1.54, 1.807) is 6.26 Å². The summed E-state index contributed by atoms with van der Waals surface area (Å²) in [7, 11) is 0. The Morgan fingerprint density at radius 1 is 0.880 bits per heavy atom. The fraction of sp³-hybridized carbons (Fsp3) is 0.0476. The van der Waals surface area contributed by atoms with Crippen molar-refractivity contribution in [3.8, 4) is 11.1 Å². The molecule has 5 rings (SSSR count). The first-order valence-electron chi connectivity index (χ1n) is 8.02. The summed E-state index contributed by atoms with van der Waals surface area (Å²) in [5.41, 5.74) is 4.37. The van der Waals surface area contributed by atoms with Crippen LogP contribution in [0.2, 0.25) is 0 Å². The SMILES string of the molecule is C[S+]([O-])c1ccccc1-c1cc2ccc3cc(Br)cc4[nH]c(c1)c2c34. The number of hydrogen-bond acceptors (Lipinski definition) is 1. The van der Waals surface area contributed by atoms with E-state index in [2.05, 4.69) is 57.3 Å². The van der Waals surface area contributed by atoms with E-state index < -0.39 is 11.2 Å². The van der Waals surface area contributed by atoms with Gasteiger partial charge in [0.25, 0.3) is 0 Å². The van der Waals surface area contributed by atoms with Crippen LogP contribution in [0.15, 0.2) is 70.0 Å². The van der Waals surface area contributed by atoms with Gasteiger partial charge in [0.15, 0.2) is 4.90 Å². The van der Waals surface area contributed by atoms with Crippen molar-refractivity contribution in [1.29, 1.82) is 0 Å². The Morgan fingerprint density at radius 3 is 2.32 bits per heavy atom. The summed E-state index contributed by atoms with van der Waals surface area (Å²) >= 11 is 2.57. The van der Waals surface area contributed by atoms with Crippen molar-refractivity contribution in [3.05, 3.63) is 65.1 Å². The molecule has 1 heterocycles. The number of halogens is 1. The highest BCUT2D eigenvalue weighted by Crippen LogP contribution is 2.39. The number of hydrogen-bond donors (Lipinski definition) is 1. The third kappa shape index (κ3) is 2.29. The quantitative estimate of drug-likeness (QED) is 0.279. The van der Waals surface area contributed by atoms with E-state index in [4.69, 9.17) is 0 Å². The molecule has 0 saturated heterocycles. The molecule has 4 heteroatoms. The van der Waals surface area contributed by atoms with Gasteiger partial charge in [-0.2, -0.15) is 0 Å². The van der Waals surface area contributed by atoms with Gasteiger partial charge in [0, 0.05) is 31.8 Å². The zero-order valence-electron chi connectivity index (χ0n) is 13.5. The standard InChI is InChI=1S/C21H14BrNOS/c1-25(24)19-5-3-2-4-16(19)14-8-12-6-7-13-9-15(22)11-18-21(13)20(12)17(10-14)23-18/h2-11,23H,1H3. The van der Waals surface area contributed by atoms with E-state index in [-0.39, 0.29) is 0 Å². The van der Waals surface area contributed by atoms with Crippen LogP contribution in [0.3, 0.4) is 0 Å². The maximum Gasteiger partial charge on any atom is 0.160 e. The first-order valence-corrected chi connectivity index (χ1v) is 10.4. The summed E-state index contributed by atoms with van der Waals surface area (Å²) in [5, 5.41) is 4.96. The van der Waals surface area contributed by atoms with Gasteiger partial charge in [-0.15, -0.1) is 0 Å². The van der Waals surface area contributed by atoms with Crippen molar-refractivity contribution in [1.82, 2.24) is 4.98 Å². The minimum absolute atomic E-state index is 0.869. The lowest BCUT2D eigenvalue weighted by atomic mass is 9.97. The van der Waals surface area contributed by atoms with Gasteiger partial charge < -0.3 is 9.54 Å². The minimum Gasteiger partial charge on any atom is -0.612 e. The molecule has 2 nitrogen and oxygen atoms in total. The largest absolute Gasteiger partial charge is 0.612 e. The molecule has 122 valence electrons.